The molecular formula is C18H20N2O2S. The topological polar surface area (TPSA) is 40.6 Å². The number of sulfonamides is 1. The van der Waals surface area contributed by atoms with Crippen LogP contribution in [0.1, 0.15) is 11.1 Å². The first kappa shape index (κ1) is 14.7. The summed E-state index contributed by atoms with van der Waals surface area (Å²) in [5.41, 5.74) is 3.66. The lowest BCUT2D eigenvalue weighted by molar-refractivity contribution is 0.340. The van der Waals surface area contributed by atoms with Gasteiger partial charge in [-0.2, -0.15) is 4.31 Å². The molecule has 0 spiro atoms. The lowest BCUT2D eigenvalue weighted by Crippen LogP contribution is -2.53. The highest BCUT2D eigenvalue weighted by Crippen LogP contribution is 2.35. The minimum absolute atomic E-state index is 0.251. The molecule has 0 aromatic heterocycles. The van der Waals surface area contributed by atoms with Crippen LogP contribution in [0.15, 0.2) is 53.4 Å². The Bertz CT molecular complexity index is 830. The Morgan fingerprint density at radius 2 is 1.74 bits per heavy atom. The van der Waals surface area contributed by atoms with E-state index in [0.29, 0.717) is 18.0 Å². The van der Waals surface area contributed by atoms with E-state index in [2.05, 4.69) is 29.2 Å². The van der Waals surface area contributed by atoms with Crippen LogP contribution in [-0.4, -0.2) is 38.4 Å². The summed E-state index contributed by atoms with van der Waals surface area (Å²) in [7, 11) is -3.40. The van der Waals surface area contributed by atoms with E-state index in [1.807, 2.05) is 19.1 Å². The molecule has 0 amide bonds. The fraction of sp³-hybridized carbons (Fsp3) is 0.333. The van der Waals surface area contributed by atoms with Gasteiger partial charge in [0.1, 0.15) is 0 Å². The monoisotopic (exact) mass is 328 g/mol. The first-order valence-electron chi connectivity index (χ1n) is 7.97. The smallest absolute Gasteiger partial charge is 0.243 e. The molecule has 0 radical (unpaired) electrons. The largest absolute Gasteiger partial charge is 0.365 e. The third-order valence-corrected chi connectivity index (χ3v) is 6.74. The van der Waals surface area contributed by atoms with Gasteiger partial charge in [-0.3, -0.25) is 0 Å². The summed E-state index contributed by atoms with van der Waals surface area (Å²) in [5.74, 6) is 0. The second kappa shape index (κ2) is 5.35. The molecule has 2 aromatic rings. The minimum Gasteiger partial charge on any atom is -0.365 e. The molecule has 1 saturated heterocycles. The maximum absolute atomic E-state index is 12.9. The molecule has 1 atom stereocenters. The highest BCUT2D eigenvalue weighted by Gasteiger charge is 2.38. The predicted octanol–water partition coefficient (Wildman–Crippen LogP) is 2.43. The number of nitrogens with zero attached hydrogens (tertiary/aromatic N) is 2. The van der Waals surface area contributed by atoms with Crippen molar-refractivity contribution in [1.29, 1.82) is 0 Å². The van der Waals surface area contributed by atoms with Crippen molar-refractivity contribution in [2.75, 3.05) is 24.5 Å². The van der Waals surface area contributed by atoms with Crippen molar-refractivity contribution in [3.05, 3.63) is 59.7 Å². The summed E-state index contributed by atoms with van der Waals surface area (Å²) in [6.45, 7) is 3.82. The summed E-state index contributed by atoms with van der Waals surface area (Å²) < 4.78 is 27.4. The van der Waals surface area contributed by atoms with E-state index < -0.39 is 10.0 Å². The van der Waals surface area contributed by atoms with E-state index >= 15 is 0 Å². The maximum Gasteiger partial charge on any atom is 0.243 e. The lowest BCUT2D eigenvalue weighted by atomic mass is 10.1. The van der Waals surface area contributed by atoms with Crippen LogP contribution in [0.3, 0.4) is 0 Å². The van der Waals surface area contributed by atoms with Crippen molar-refractivity contribution in [3.63, 3.8) is 0 Å². The van der Waals surface area contributed by atoms with E-state index in [-0.39, 0.29) is 6.04 Å². The van der Waals surface area contributed by atoms with Gasteiger partial charge in [0.25, 0.3) is 0 Å². The molecule has 0 aliphatic carbocycles. The average molecular weight is 328 g/mol. The van der Waals surface area contributed by atoms with Crippen molar-refractivity contribution in [3.8, 4) is 0 Å². The summed E-state index contributed by atoms with van der Waals surface area (Å²) in [6.07, 6.45) is 0.927. The van der Waals surface area contributed by atoms with Gasteiger partial charge >= 0.3 is 0 Å². The highest BCUT2D eigenvalue weighted by atomic mass is 32.2. The van der Waals surface area contributed by atoms with Crippen molar-refractivity contribution < 1.29 is 8.42 Å². The molecular weight excluding hydrogens is 308 g/mol. The Morgan fingerprint density at radius 1 is 1.00 bits per heavy atom. The van der Waals surface area contributed by atoms with Gasteiger partial charge in [-0.25, -0.2) is 8.42 Å². The summed E-state index contributed by atoms with van der Waals surface area (Å²) >= 11 is 0. The highest BCUT2D eigenvalue weighted by molar-refractivity contribution is 7.89. The van der Waals surface area contributed by atoms with Gasteiger partial charge in [0.05, 0.1) is 4.90 Å². The Labute approximate surface area is 137 Å². The van der Waals surface area contributed by atoms with Gasteiger partial charge < -0.3 is 4.90 Å². The third kappa shape index (κ3) is 2.44. The standard InChI is InChI=1S/C18H20N2O2S/c1-14-6-8-17(9-7-14)23(21,22)19-10-11-20-16(13-19)12-15-4-2-3-5-18(15)20/h2-9,16H,10-13H2,1H3. The first-order valence-corrected chi connectivity index (χ1v) is 9.41. The SMILES string of the molecule is Cc1ccc(S(=O)(=O)N2CCN3c4ccccc4CC3C2)cc1. The number of para-hydroxylation sites is 1. The van der Waals surface area contributed by atoms with Crippen LogP contribution in [0.25, 0.3) is 0 Å². The average Bonchev–Trinajstić information content (AvgIpc) is 2.93. The molecule has 1 unspecified atom stereocenters. The molecule has 2 aliphatic rings. The Kier molecular flexibility index (Phi) is 3.43. The van der Waals surface area contributed by atoms with Crippen molar-refractivity contribution >= 4 is 15.7 Å². The van der Waals surface area contributed by atoms with E-state index in [1.165, 1.54) is 11.3 Å². The van der Waals surface area contributed by atoms with Gasteiger partial charge in [-0.1, -0.05) is 35.9 Å². The molecule has 0 N–H and O–H groups in total. The number of hydrogen-bond donors (Lipinski definition) is 0. The van der Waals surface area contributed by atoms with Gasteiger partial charge in [-0.15, -0.1) is 0 Å². The number of piperazine rings is 1. The molecule has 2 aliphatic heterocycles. The van der Waals surface area contributed by atoms with Gasteiger partial charge in [0.15, 0.2) is 0 Å². The van der Waals surface area contributed by atoms with Crippen molar-refractivity contribution in [2.24, 2.45) is 0 Å². The van der Waals surface area contributed by atoms with Crippen LogP contribution in [0, 0.1) is 6.92 Å². The normalized spacial score (nSPS) is 21.1. The number of hydrogen-bond acceptors (Lipinski definition) is 3. The quantitative estimate of drug-likeness (QED) is 0.850. The zero-order valence-electron chi connectivity index (χ0n) is 13.1. The predicted molar refractivity (Wildman–Crippen MR) is 91.2 cm³/mol. The second-order valence-corrected chi connectivity index (χ2v) is 8.29. The third-order valence-electron chi connectivity index (χ3n) is 4.86. The molecule has 2 heterocycles. The first-order chi connectivity index (χ1) is 11.1. The minimum atomic E-state index is -3.40. The molecule has 5 heteroatoms. The molecule has 4 nitrogen and oxygen atoms in total. The molecule has 4 rings (SSSR count). The maximum atomic E-state index is 12.9. The molecule has 120 valence electrons. The number of fused-ring (bicyclic) bond motifs is 3. The molecule has 0 bridgehead atoms. The van der Waals surface area contributed by atoms with E-state index in [0.717, 1.165) is 18.5 Å². The molecule has 2 aromatic carbocycles. The van der Waals surface area contributed by atoms with Crippen molar-refractivity contribution in [2.45, 2.75) is 24.3 Å². The zero-order chi connectivity index (χ0) is 16.0. The summed E-state index contributed by atoms with van der Waals surface area (Å²) in [5, 5.41) is 0. The molecule has 1 fully saturated rings. The number of aryl methyl sites for hydroxylation is 1. The summed E-state index contributed by atoms with van der Waals surface area (Å²) in [6, 6.07) is 15.8. The molecule has 0 saturated carbocycles. The summed E-state index contributed by atoms with van der Waals surface area (Å²) in [4.78, 5) is 2.75. The lowest BCUT2D eigenvalue weighted by Gasteiger charge is -2.38. The van der Waals surface area contributed by atoms with E-state index in [9.17, 15) is 8.42 Å². The van der Waals surface area contributed by atoms with Crippen LogP contribution >= 0.6 is 0 Å². The Morgan fingerprint density at radius 3 is 2.52 bits per heavy atom. The van der Waals surface area contributed by atoms with Crippen LogP contribution in [-0.2, 0) is 16.4 Å². The number of anilines is 1. The van der Waals surface area contributed by atoms with Crippen LogP contribution < -0.4 is 4.90 Å². The van der Waals surface area contributed by atoms with Crippen molar-refractivity contribution in [1.82, 2.24) is 4.31 Å². The van der Waals surface area contributed by atoms with Crippen LogP contribution in [0.5, 0.6) is 0 Å². The van der Waals surface area contributed by atoms with E-state index in [1.54, 1.807) is 16.4 Å². The second-order valence-electron chi connectivity index (χ2n) is 6.36. The van der Waals surface area contributed by atoms with E-state index in [4.69, 9.17) is 0 Å². The van der Waals surface area contributed by atoms with Gasteiger partial charge in [0.2, 0.25) is 10.0 Å². The number of rotatable bonds is 2. The zero-order valence-corrected chi connectivity index (χ0v) is 14.0. The Hall–Kier alpha value is -1.85. The van der Waals surface area contributed by atoms with Crippen LogP contribution in [0.2, 0.25) is 0 Å². The van der Waals surface area contributed by atoms with Gasteiger partial charge in [-0.05, 0) is 37.1 Å². The fourth-order valence-electron chi connectivity index (χ4n) is 3.61. The Balaban J connectivity index is 1.59. The van der Waals surface area contributed by atoms with Gasteiger partial charge in [0, 0.05) is 31.4 Å². The van der Waals surface area contributed by atoms with Crippen LogP contribution in [0.4, 0.5) is 5.69 Å². The fourth-order valence-corrected chi connectivity index (χ4v) is 5.08. The number of benzene rings is 2. The molecule has 23 heavy (non-hydrogen) atoms.